The Hall–Kier alpha value is -0.980. The average molecular weight is 216 g/mol. The summed E-state index contributed by atoms with van der Waals surface area (Å²) < 4.78 is 6.19. The largest absolute Gasteiger partial charge is 0.490 e. The summed E-state index contributed by atoms with van der Waals surface area (Å²) in [5, 5.41) is 0. The van der Waals surface area contributed by atoms with Crippen LogP contribution in [0, 0.1) is 0 Å². The molecular weight excluding hydrogens is 196 g/mol. The molecule has 2 aliphatic carbocycles. The highest BCUT2D eigenvalue weighted by molar-refractivity contribution is 5.29. The van der Waals surface area contributed by atoms with E-state index in [2.05, 4.69) is 18.2 Å². The maximum atomic E-state index is 6.19. The van der Waals surface area contributed by atoms with Gasteiger partial charge in [0.2, 0.25) is 0 Å². The van der Waals surface area contributed by atoms with E-state index in [9.17, 15) is 0 Å². The maximum Gasteiger partial charge on any atom is 0.123 e. The van der Waals surface area contributed by atoms with Gasteiger partial charge >= 0.3 is 0 Å². The summed E-state index contributed by atoms with van der Waals surface area (Å²) >= 11 is 0. The van der Waals surface area contributed by atoms with Crippen molar-refractivity contribution in [3.05, 3.63) is 35.1 Å². The van der Waals surface area contributed by atoms with Gasteiger partial charge in [0.1, 0.15) is 6.10 Å². The van der Waals surface area contributed by atoms with Crippen LogP contribution in [0.5, 0.6) is 0 Å². The first kappa shape index (κ1) is 10.2. The summed E-state index contributed by atoms with van der Waals surface area (Å²) in [4.78, 5) is 0. The number of hydrogen-bond acceptors (Lipinski definition) is 1. The van der Waals surface area contributed by atoms with Gasteiger partial charge in [0, 0.05) is 6.42 Å². The smallest absolute Gasteiger partial charge is 0.123 e. The molecule has 0 aromatic heterocycles. The molecule has 16 heavy (non-hydrogen) atoms. The van der Waals surface area contributed by atoms with Gasteiger partial charge in [-0.3, -0.25) is 0 Å². The van der Waals surface area contributed by atoms with Crippen molar-refractivity contribution in [2.24, 2.45) is 0 Å². The van der Waals surface area contributed by atoms with Gasteiger partial charge < -0.3 is 4.74 Å². The molecule has 3 aliphatic rings. The monoisotopic (exact) mass is 216 g/mol. The molecule has 1 heteroatoms. The van der Waals surface area contributed by atoms with Crippen LogP contribution in [0.15, 0.2) is 35.1 Å². The van der Waals surface area contributed by atoms with Gasteiger partial charge in [-0.15, -0.1) is 0 Å². The van der Waals surface area contributed by atoms with Crippen molar-refractivity contribution < 1.29 is 4.74 Å². The second-order valence-corrected chi connectivity index (χ2v) is 5.06. The van der Waals surface area contributed by atoms with Crippen LogP contribution >= 0.6 is 0 Å². The third-order valence-corrected chi connectivity index (χ3v) is 3.92. The van der Waals surface area contributed by atoms with Crippen LogP contribution < -0.4 is 0 Å². The number of hydrogen-bond donors (Lipinski definition) is 0. The molecule has 0 saturated carbocycles. The van der Waals surface area contributed by atoms with Crippen LogP contribution in [0.25, 0.3) is 0 Å². The van der Waals surface area contributed by atoms with E-state index < -0.39 is 0 Å². The fourth-order valence-electron chi connectivity index (χ4n) is 2.99. The fourth-order valence-corrected chi connectivity index (χ4v) is 2.99. The summed E-state index contributed by atoms with van der Waals surface area (Å²) in [6, 6.07) is 0. The first-order chi connectivity index (χ1) is 7.93. The van der Waals surface area contributed by atoms with Gasteiger partial charge in [-0.25, -0.2) is 0 Å². The Bertz CT molecular complexity index is 360. The zero-order valence-electron chi connectivity index (χ0n) is 9.87. The topological polar surface area (TPSA) is 9.23 Å². The standard InChI is InChI=1S/C15H20O/c1-2-6-12(7-3-1)15-11-10-13-8-4-5-9-14(13)16-15/h2,6-7,15H,1,3-5,8-11H2. The van der Waals surface area contributed by atoms with Crippen molar-refractivity contribution in [1.29, 1.82) is 0 Å². The van der Waals surface area contributed by atoms with Crippen LogP contribution in [-0.4, -0.2) is 6.10 Å². The number of ether oxygens (including phenoxy) is 1. The highest BCUT2D eigenvalue weighted by Crippen LogP contribution is 2.36. The number of rotatable bonds is 1. The van der Waals surface area contributed by atoms with E-state index in [1.165, 1.54) is 62.7 Å². The summed E-state index contributed by atoms with van der Waals surface area (Å²) in [7, 11) is 0. The molecule has 0 saturated heterocycles. The van der Waals surface area contributed by atoms with E-state index in [1.54, 1.807) is 5.57 Å². The molecule has 0 amide bonds. The molecule has 0 N–H and O–H groups in total. The zero-order chi connectivity index (χ0) is 10.8. The summed E-state index contributed by atoms with van der Waals surface area (Å²) in [6.07, 6.45) is 17.3. The van der Waals surface area contributed by atoms with Gasteiger partial charge in [-0.05, 0) is 56.1 Å². The molecule has 1 unspecified atom stereocenters. The lowest BCUT2D eigenvalue weighted by molar-refractivity contribution is 0.106. The molecule has 1 atom stereocenters. The first-order valence-corrected chi connectivity index (χ1v) is 6.67. The van der Waals surface area contributed by atoms with Crippen molar-refractivity contribution in [2.75, 3.05) is 0 Å². The lowest BCUT2D eigenvalue weighted by atomic mass is 9.88. The predicted molar refractivity (Wildman–Crippen MR) is 66.1 cm³/mol. The lowest BCUT2D eigenvalue weighted by Gasteiger charge is -2.32. The molecule has 3 rings (SSSR count). The van der Waals surface area contributed by atoms with Crippen molar-refractivity contribution in [2.45, 2.75) is 57.5 Å². The summed E-state index contributed by atoms with van der Waals surface area (Å²) in [6.45, 7) is 0. The van der Waals surface area contributed by atoms with E-state index in [1.807, 2.05) is 0 Å². The SMILES string of the molecule is C1=CC(C2CCC3=C(CCCC3)O2)=CCC1. The summed E-state index contributed by atoms with van der Waals surface area (Å²) in [5.41, 5.74) is 3.03. The van der Waals surface area contributed by atoms with Gasteiger partial charge in [0.15, 0.2) is 0 Å². The molecule has 0 spiro atoms. The van der Waals surface area contributed by atoms with E-state index in [4.69, 9.17) is 4.74 Å². The molecule has 0 radical (unpaired) electrons. The maximum absolute atomic E-state index is 6.19. The molecule has 1 aliphatic heterocycles. The molecule has 0 bridgehead atoms. The van der Waals surface area contributed by atoms with E-state index in [0.717, 1.165) is 0 Å². The Kier molecular flexibility index (Phi) is 2.86. The minimum atomic E-state index is 0.355. The second kappa shape index (κ2) is 4.48. The Morgan fingerprint density at radius 1 is 1.06 bits per heavy atom. The Balaban J connectivity index is 1.74. The first-order valence-electron chi connectivity index (χ1n) is 6.67. The van der Waals surface area contributed by atoms with E-state index in [0.29, 0.717) is 6.10 Å². The van der Waals surface area contributed by atoms with Gasteiger partial charge in [-0.1, -0.05) is 18.2 Å². The van der Waals surface area contributed by atoms with Crippen LogP contribution in [-0.2, 0) is 4.74 Å². The minimum Gasteiger partial charge on any atom is -0.490 e. The van der Waals surface area contributed by atoms with Gasteiger partial charge in [-0.2, -0.15) is 0 Å². The van der Waals surface area contributed by atoms with Crippen LogP contribution in [0.3, 0.4) is 0 Å². The Morgan fingerprint density at radius 3 is 2.88 bits per heavy atom. The van der Waals surface area contributed by atoms with E-state index in [-0.39, 0.29) is 0 Å². The molecule has 86 valence electrons. The number of allylic oxidation sites excluding steroid dienone is 4. The highest BCUT2D eigenvalue weighted by atomic mass is 16.5. The van der Waals surface area contributed by atoms with Gasteiger partial charge in [0.05, 0.1) is 5.76 Å². The molecular formula is C15H20O. The fraction of sp³-hybridized carbons (Fsp3) is 0.600. The van der Waals surface area contributed by atoms with Crippen LogP contribution in [0.4, 0.5) is 0 Å². The molecule has 1 nitrogen and oxygen atoms in total. The van der Waals surface area contributed by atoms with Crippen molar-refractivity contribution in [3.8, 4) is 0 Å². The second-order valence-electron chi connectivity index (χ2n) is 5.06. The Labute approximate surface area is 97.9 Å². The molecule has 0 aromatic carbocycles. The van der Waals surface area contributed by atoms with Crippen LogP contribution in [0.2, 0.25) is 0 Å². The summed E-state index contributed by atoms with van der Waals surface area (Å²) in [5.74, 6) is 1.34. The van der Waals surface area contributed by atoms with Crippen molar-refractivity contribution in [3.63, 3.8) is 0 Å². The van der Waals surface area contributed by atoms with E-state index >= 15 is 0 Å². The normalized spacial score (nSPS) is 29.5. The third kappa shape index (κ3) is 1.95. The zero-order valence-corrected chi connectivity index (χ0v) is 9.87. The highest BCUT2D eigenvalue weighted by Gasteiger charge is 2.25. The van der Waals surface area contributed by atoms with Crippen LogP contribution in [0.1, 0.15) is 51.4 Å². The average Bonchev–Trinajstić information content (AvgIpc) is 2.39. The predicted octanol–water partition coefficient (Wildman–Crippen LogP) is 4.27. The Morgan fingerprint density at radius 2 is 2.00 bits per heavy atom. The molecule has 1 heterocycles. The van der Waals surface area contributed by atoms with Crippen molar-refractivity contribution in [1.82, 2.24) is 0 Å². The molecule has 0 fully saturated rings. The minimum absolute atomic E-state index is 0.355. The van der Waals surface area contributed by atoms with Crippen molar-refractivity contribution >= 4 is 0 Å². The lowest BCUT2D eigenvalue weighted by Crippen LogP contribution is -2.22. The van der Waals surface area contributed by atoms with Gasteiger partial charge in [0.25, 0.3) is 0 Å². The third-order valence-electron chi connectivity index (χ3n) is 3.92. The molecule has 0 aromatic rings. The quantitative estimate of drug-likeness (QED) is 0.636.